The van der Waals surface area contributed by atoms with E-state index in [0.29, 0.717) is 16.4 Å². The Bertz CT molecular complexity index is 873. The number of fused-ring (bicyclic) bond motifs is 1. The van der Waals surface area contributed by atoms with Crippen molar-refractivity contribution >= 4 is 28.8 Å². The lowest BCUT2D eigenvalue weighted by atomic mass is 10.2. The van der Waals surface area contributed by atoms with Crippen molar-refractivity contribution in [2.24, 2.45) is 0 Å². The van der Waals surface area contributed by atoms with Crippen molar-refractivity contribution in [3.05, 3.63) is 59.0 Å². The van der Waals surface area contributed by atoms with E-state index in [9.17, 15) is 4.79 Å². The molecule has 0 fully saturated rings. The number of rotatable bonds is 4. The number of benzene rings is 1. The largest absolute Gasteiger partial charge is 0.480 e. The molecule has 0 radical (unpaired) electrons. The molecule has 118 valence electrons. The van der Waals surface area contributed by atoms with E-state index in [4.69, 9.17) is 16.3 Å². The summed E-state index contributed by atoms with van der Waals surface area (Å²) in [5, 5.41) is 3.45. The lowest BCUT2D eigenvalue weighted by Gasteiger charge is -2.10. The van der Waals surface area contributed by atoms with E-state index in [2.05, 4.69) is 10.3 Å². The maximum absolute atomic E-state index is 12.1. The molecular formula is C17H16ClN3O2. The quantitative estimate of drug-likeness (QED) is 0.795. The number of nitrogens with zero attached hydrogens (tertiary/aromatic N) is 2. The van der Waals surface area contributed by atoms with Gasteiger partial charge in [0, 0.05) is 23.1 Å². The number of carbonyl (C=O) groups is 1. The van der Waals surface area contributed by atoms with Crippen LogP contribution in [0.2, 0.25) is 5.02 Å². The standard InChI is InChI=1S/C17H16ClN3O2/c1-11-8-13(18)5-6-14(11)20-16(22)10-23-15-4-3-7-21-9-12(2)19-17(15)21/h3-9H,10H2,1-2H3,(H,20,22). The van der Waals surface area contributed by atoms with E-state index < -0.39 is 0 Å². The van der Waals surface area contributed by atoms with Gasteiger partial charge in [-0.3, -0.25) is 4.79 Å². The average molecular weight is 330 g/mol. The van der Waals surface area contributed by atoms with Crippen LogP contribution in [0.3, 0.4) is 0 Å². The van der Waals surface area contributed by atoms with Gasteiger partial charge in [0.05, 0.1) is 5.69 Å². The monoisotopic (exact) mass is 329 g/mol. The van der Waals surface area contributed by atoms with Gasteiger partial charge in [0.15, 0.2) is 18.0 Å². The van der Waals surface area contributed by atoms with Crippen molar-refractivity contribution in [2.45, 2.75) is 13.8 Å². The fraction of sp³-hybridized carbons (Fsp3) is 0.176. The molecule has 0 atom stereocenters. The van der Waals surface area contributed by atoms with Crippen LogP contribution in [0.4, 0.5) is 5.69 Å². The van der Waals surface area contributed by atoms with Crippen LogP contribution >= 0.6 is 11.6 Å². The highest BCUT2D eigenvalue weighted by Crippen LogP contribution is 2.21. The lowest BCUT2D eigenvalue weighted by Crippen LogP contribution is -2.20. The fourth-order valence-electron chi connectivity index (χ4n) is 2.32. The molecule has 1 aromatic carbocycles. The van der Waals surface area contributed by atoms with E-state index in [-0.39, 0.29) is 12.5 Å². The highest BCUT2D eigenvalue weighted by molar-refractivity contribution is 6.30. The maximum Gasteiger partial charge on any atom is 0.262 e. The van der Waals surface area contributed by atoms with Gasteiger partial charge in [0.1, 0.15) is 0 Å². The molecule has 2 heterocycles. The molecule has 0 unspecified atom stereocenters. The predicted molar refractivity (Wildman–Crippen MR) is 90.2 cm³/mol. The summed E-state index contributed by atoms with van der Waals surface area (Å²) in [6.45, 7) is 3.71. The number of hydrogen-bond donors (Lipinski definition) is 1. The summed E-state index contributed by atoms with van der Waals surface area (Å²) in [4.78, 5) is 16.5. The molecule has 0 aliphatic rings. The number of aryl methyl sites for hydroxylation is 2. The molecule has 0 saturated carbocycles. The van der Waals surface area contributed by atoms with Crippen molar-refractivity contribution in [1.82, 2.24) is 9.38 Å². The van der Waals surface area contributed by atoms with Crippen molar-refractivity contribution in [2.75, 3.05) is 11.9 Å². The van der Waals surface area contributed by atoms with Gasteiger partial charge in [0.25, 0.3) is 5.91 Å². The number of hydrogen-bond acceptors (Lipinski definition) is 3. The molecule has 1 amide bonds. The van der Waals surface area contributed by atoms with Gasteiger partial charge >= 0.3 is 0 Å². The van der Waals surface area contributed by atoms with Gasteiger partial charge in [-0.25, -0.2) is 4.98 Å². The van der Waals surface area contributed by atoms with E-state index in [1.807, 2.05) is 36.7 Å². The molecule has 0 bridgehead atoms. The van der Waals surface area contributed by atoms with Gasteiger partial charge < -0.3 is 14.5 Å². The SMILES string of the molecule is Cc1cn2cccc(OCC(=O)Nc3ccc(Cl)cc3C)c2n1. The number of ether oxygens (including phenoxy) is 1. The van der Waals surface area contributed by atoms with Crippen LogP contribution in [0.5, 0.6) is 5.75 Å². The smallest absolute Gasteiger partial charge is 0.262 e. The number of nitrogens with one attached hydrogen (secondary N) is 1. The first kappa shape index (κ1) is 15.4. The summed E-state index contributed by atoms with van der Waals surface area (Å²) in [6, 6.07) is 8.95. The third-order valence-corrected chi connectivity index (χ3v) is 3.62. The molecule has 0 spiro atoms. The van der Waals surface area contributed by atoms with Crippen molar-refractivity contribution in [1.29, 1.82) is 0 Å². The summed E-state index contributed by atoms with van der Waals surface area (Å²) in [5.74, 6) is 0.337. The molecule has 3 rings (SSSR count). The highest BCUT2D eigenvalue weighted by Gasteiger charge is 2.09. The number of carbonyl (C=O) groups excluding carboxylic acids is 1. The van der Waals surface area contributed by atoms with E-state index in [0.717, 1.165) is 16.9 Å². The first-order valence-electron chi connectivity index (χ1n) is 7.16. The Kier molecular flexibility index (Phi) is 4.21. The number of pyridine rings is 1. The van der Waals surface area contributed by atoms with Crippen LogP contribution in [0.15, 0.2) is 42.7 Å². The molecule has 0 aliphatic carbocycles. The van der Waals surface area contributed by atoms with Crippen molar-refractivity contribution in [3.63, 3.8) is 0 Å². The zero-order valence-electron chi connectivity index (χ0n) is 12.8. The van der Waals surface area contributed by atoms with Crippen LogP contribution in [0.25, 0.3) is 5.65 Å². The molecular weight excluding hydrogens is 314 g/mol. The summed E-state index contributed by atoms with van der Waals surface area (Å²) < 4.78 is 7.48. The average Bonchev–Trinajstić information content (AvgIpc) is 2.88. The van der Waals surface area contributed by atoms with Crippen LogP contribution < -0.4 is 10.1 Å². The molecule has 5 nitrogen and oxygen atoms in total. The van der Waals surface area contributed by atoms with Crippen LogP contribution in [-0.2, 0) is 4.79 Å². The Morgan fingerprint density at radius 3 is 2.96 bits per heavy atom. The maximum atomic E-state index is 12.1. The first-order chi connectivity index (χ1) is 11.0. The number of amides is 1. The normalized spacial score (nSPS) is 10.7. The number of aromatic nitrogens is 2. The van der Waals surface area contributed by atoms with Gasteiger partial charge in [0.2, 0.25) is 0 Å². The second-order valence-corrected chi connectivity index (χ2v) is 5.72. The summed E-state index contributed by atoms with van der Waals surface area (Å²) in [7, 11) is 0. The van der Waals surface area contributed by atoms with Gasteiger partial charge in [-0.2, -0.15) is 0 Å². The third kappa shape index (κ3) is 3.46. The van der Waals surface area contributed by atoms with Crippen LogP contribution in [0.1, 0.15) is 11.3 Å². The highest BCUT2D eigenvalue weighted by atomic mass is 35.5. The topological polar surface area (TPSA) is 55.6 Å². The zero-order valence-corrected chi connectivity index (χ0v) is 13.6. The van der Waals surface area contributed by atoms with Gasteiger partial charge in [-0.15, -0.1) is 0 Å². The Labute approximate surface area is 138 Å². The molecule has 6 heteroatoms. The molecule has 2 aromatic heterocycles. The molecule has 1 N–H and O–H groups in total. The number of anilines is 1. The second-order valence-electron chi connectivity index (χ2n) is 5.28. The Morgan fingerprint density at radius 2 is 2.17 bits per heavy atom. The minimum atomic E-state index is -0.235. The van der Waals surface area contributed by atoms with Gasteiger partial charge in [-0.1, -0.05) is 11.6 Å². The summed E-state index contributed by atoms with van der Waals surface area (Å²) >= 11 is 5.91. The molecule has 23 heavy (non-hydrogen) atoms. The molecule has 3 aromatic rings. The lowest BCUT2D eigenvalue weighted by molar-refractivity contribution is -0.118. The van der Waals surface area contributed by atoms with E-state index in [1.165, 1.54) is 0 Å². The predicted octanol–water partition coefficient (Wildman–Crippen LogP) is 3.62. The summed E-state index contributed by atoms with van der Waals surface area (Å²) in [5.41, 5.74) is 3.21. The van der Waals surface area contributed by atoms with E-state index >= 15 is 0 Å². The van der Waals surface area contributed by atoms with Crippen LogP contribution in [-0.4, -0.2) is 21.9 Å². The first-order valence-corrected chi connectivity index (χ1v) is 7.54. The second kappa shape index (κ2) is 6.30. The van der Waals surface area contributed by atoms with Crippen molar-refractivity contribution in [3.8, 4) is 5.75 Å². The minimum absolute atomic E-state index is 0.0896. The zero-order chi connectivity index (χ0) is 16.4. The fourth-order valence-corrected chi connectivity index (χ4v) is 2.55. The van der Waals surface area contributed by atoms with Gasteiger partial charge in [-0.05, 0) is 49.7 Å². The summed E-state index contributed by atoms with van der Waals surface area (Å²) in [6.07, 6.45) is 3.79. The molecule has 0 saturated heterocycles. The third-order valence-electron chi connectivity index (χ3n) is 3.39. The van der Waals surface area contributed by atoms with Crippen LogP contribution in [0, 0.1) is 13.8 Å². The number of halogens is 1. The minimum Gasteiger partial charge on any atom is -0.480 e. The van der Waals surface area contributed by atoms with E-state index in [1.54, 1.807) is 24.3 Å². The Hall–Kier alpha value is -2.53. The van der Waals surface area contributed by atoms with Crippen molar-refractivity contribution < 1.29 is 9.53 Å². The Morgan fingerprint density at radius 1 is 1.35 bits per heavy atom. The Balaban J connectivity index is 1.68. The molecule has 0 aliphatic heterocycles. The number of imidazole rings is 1.